The molecular formula is C6H6F3NS. The highest BCUT2D eigenvalue weighted by atomic mass is 32.1. The molecule has 11 heavy (non-hydrogen) atoms. The Labute approximate surface area is 65.9 Å². The Bertz CT molecular complexity index is 204. The van der Waals surface area contributed by atoms with Crippen molar-refractivity contribution in [2.75, 3.05) is 0 Å². The number of aromatic nitrogens is 1. The van der Waals surface area contributed by atoms with Crippen molar-refractivity contribution in [3.8, 4) is 0 Å². The van der Waals surface area contributed by atoms with Crippen LogP contribution in [0.25, 0.3) is 0 Å². The molecule has 0 radical (unpaired) electrons. The molecule has 1 aromatic rings. The Hall–Kier alpha value is -0.580. The lowest BCUT2D eigenvalue weighted by atomic mass is 10.2. The molecule has 5 heteroatoms. The Morgan fingerprint density at radius 2 is 2.18 bits per heavy atom. The second-order valence-electron chi connectivity index (χ2n) is 2.09. The summed E-state index contributed by atoms with van der Waals surface area (Å²) in [6.45, 7) is 0. The summed E-state index contributed by atoms with van der Waals surface area (Å²) in [6.07, 6.45) is -4.85. The van der Waals surface area contributed by atoms with E-state index in [0.717, 1.165) is 0 Å². The van der Waals surface area contributed by atoms with Gasteiger partial charge in [-0.2, -0.15) is 13.2 Å². The van der Waals surface area contributed by atoms with Crippen LogP contribution in [-0.4, -0.2) is 11.2 Å². The molecule has 0 fully saturated rings. The molecule has 0 spiro atoms. The number of rotatable bonds is 2. The van der Waals surface area contributed by atoms with Crippen molar-refractivity contribution in [1.29, 1.82) is 0 Å². The largest absolute Gasteiger partial charge is 0.389 e. The second-order valence-corrected chi connectivity index (χ2v) is 2.81. The third kappa shape index (κ3) is 3.36. The molecule has 0 aliphatic rings. The zero-order chi connectivity index (χ0) is 8.32. The number of nitrogens with zero attached hydrogens (tertiary/aromatic N) is 1. The minimum Gasteiger partial charge on any atom is -0.250 e. The summed E-state index contributed by atoms with van der Waals surface area (Å²) in [5, 5.41) is 1.63. The monoisotopic (exact) mass is 181 g/mol. The van der Waals surface area contributed by atoms with E-state index in [0.29, 0.717) is 5.69 Å². The van der Waals surface area contributed by atoms with E-state index in [1.54, 1.807) is 5.38 Å². The van der Waals surface area contributed by atoms with E-state index in [9.17, 15) is 13.2 Å². The van der Waals surface area contributed by atoms with Crippen LogP contribution in [0.15, 0.2) is 10.9 Å². The number of thiazole rings is 1. The highest BCUT2D eigenvalue weighted by Gasteiger charge is 2.26. The molecule has 1 rings (SSSR count). The molecule has 1 aromatic heterocycles. The van der Waals surface area contributed by atoms with E-state index in [1.807, 2.05) is 0 Å². The third-order valence-electron chi connectivity index (χ3n) is 1.15. The van der Waals surface area contributed by atoms with Gasteiger partial charge in [0.1, 0.15) is 0 Å². The van der Waals surface area contributed by atoms with Gasteiger partial charge in [-0.3, -0.25) is 0 Å². The van der Waals surface area contributed by atoms with Gasteiger partial charge in [-0.05, 0) is 6.42 Å². The number of alkyl halides is 3. The van der Waals surface area contributed by atoms with Gasteiger partial charge in [0.25, 0.3) is 0 Å². The van der Waals surface area contributed by atoms with Crippen molar-refractivity contribution in [2.45, 2.75) is 19.0 Å². The standard InChI is InChI=1S/C6H6F3NS/c7-6(8,9)2-1-5-3-11-4-10-5/h3-4H,1-2H2. The first-order valence-electron chi connectivity index (χ1n) is 3.02. The molecule has 0 saturated carbocycles. The lowest BCUT2D eigenvalue weighted by Gasteiger charge is -2.02. The smallest absolute Gasteiger partial charge is 0.250 e. The van der Waals surface area contributed by atoms with Crippen LogP contribution in [0.3, 0.4) is 0 Å². The lowest BCUT2D eigenvalue weighted by Crippen LogP contribution is -2.08. The van der Waals surface area contributed by atoms with Crippen molar-refractivity contribution >= 4 is 11.3 Å². The lowest BCUT2D eigenvalue weighted by molar-refractivity contribution is -0.134. The zero-order valence-electron chi connectivity index (χ0n) is 5.56. The van der Waals surface area contributed by atoms with E-state index in [1.165, 1.54) is 16.8 Å². The Balaban J connectivity index is 2.35. The van der Waals surface area contributed by atoms with Crippen molar-refractivity contribution in [3.63, 3.8) is 0 Å². The summed E-state index contributed by atoms with van der Waals surface area (Å²) >= 11 is 1.31. The summed E-state index contributed by atoms with van der Waals surface area (Å²) in [4.78, 5) is 3.74. The maximum atomic E-state index is 11.6. The predicted molar refractivity (Wildman–Crippen MR) is 36.5 cm³/mol. The Morgan fingerprint density at radius 3 is 2.64 bits per heavy atom. The highest BCUT2D eigenvalue weighted by Crippen LogP contribution is 2.21. The first kappa shape index (κ1) is 8.52. The van der Waals surface area contributed by atoms with Gasteiger partial charge in [-0.25, -0.2) is 4.98 Å². The van der Waals surface area contributed by atoms with Crippen LogP contribution < -0.4 is 0 Å². The van der Waals surface area contributed by atoms with Gasteiger partial charge in [0, 0.05) is 11.8 Å². The molecule has 0 aliphatic heterocycles. The summed E-state index contributed by atoms with van der Waals surface area (Å²) in [5.41, 5.74) is 2.05. The second kappa shape index (κ2) is 3.21. The van der Waals surface area contributed by atoms with E-state index in [2.05, 4.69) is 4.98 Å². The fraction of sp³-hybridized carbons (Fsp3) is 0.500. The average molecular weight is 181 g/mol. The summed E-state index contributed by atoms with van der Waals surface area (Å²) in [7, 11) is 0. The Kier molecular flexibility index (Phi) is 2.49. The molecule has 0 saturated heterocycles. The fourth-order valence-corrected chi connectivity index (χ4v) is 1.22. The van der Waals surface area contributed by atoms with Gasteiger partial charge < -0.3 is 0 Å². The first-order chi connectivity index (χ1) is 5.08. The van der Waals surface area contributed by atoms with Crippen LogP contribution in [0.5, 0.6) is 0 Å². The molecular weight excluding hydrogens is 175 g/mol. The van der Waals surface area contributed by atoms with Crippen LogP contribution in [0.1, 0.15) is 12.1 Å². The van der Waals surface area contributed by atoms with E-state index in [4.69, 9.17) is 0 Å². The molecule has 0 amide bonds. The molecule has 0 bridgehead atoms. The molecule has 0 N–H and O–H groups in total. The quantitative estimate of drug-likeness (QED) is 0.683. The van der Waals surface area contributed by atoms with Crippen LogP contribution in [0.4, 0.5) is 13.2 Å². The number of hydrogen-bond donors (Lipinski definition) is 0. The maximum absolute atomic E-state index is 11.6. The van der Waals surface area contributed by atoms with Crippen molar-refractivity contribution < 1.29 is 13.2 Å². The number of aryl methyl sites for hydroxylation is 1. The summed E-state index contributed by atoms with van der Waals surface area (Å²) < 4.78 is 34.9. The predicted octanol–water partition coefficient (Wildman–Crippen LogP) is 2.64. The number of halogens is 3. The van der Waals surface area contributed by atoms with E-state index in [-0.39, 0.29) is 6.42 Å². The van der Waals surface area contributed by atoms with E-state index < -0.39 is 12.6 Å². The molecule has 1 heterocycles. The average Bonchev–Trinajstić information content (AvgIpc) is 2.32. The Morgan fingerprint density at radius 1 is 1.45 bits per heavy atom. The molecule has 0 aliphatic carbocycles. The SMILES string of the molecule is FC(F)(F)CCc1cscn1. The molecule has 62 valence electrons. The third-order valence-corrected chi connectivity index (χ3v) is 1.78. The fourth-order valence-electron chi connectivity index (χ4n) is 0.631. The molecule has 1 nitrogen and oxygen atoms in total. The maximum Gasteiger partial charge on any atom is 0.389 e. The van der Waals surface area contributed by atoms with Crippen molar-refractivity contribution in [2.24, 2.45) is 0 Å². The van der Waals surface area contributed by atoms with Gasteiger partial charge in [0.05, 0.1) is 11.2 Å². The topological polar surface area (TPSA) is 12.9 Å². The van der Waals surface area contributed by atoms with Crippen molar-refractivity contribution in [1.82, 2.24) is 4.98 Å². The van der Waals surface area contributed by atoms with E-state index >= 15 is 0 Å². The minimum absolute atomic E-state index is 0.00694. The van der Waals surface area contributed by atoms with Crippen LogP contribution >= 0.6 is 11.3 Å². The van der Waals surface area contributed by atoms with Gasteiger partial charge in [-0.1, -0.05) is 0 Å². The van der Waals surface area contributed by atoms with Gasteiger partial charge in [0.2, 0.25) is 0 Å². The number of hydrogen-bond acceptors (Lipinski definition) is 2. The van der Waals surface area contributed by atoms with Gasteiger partial charge in [0.15, 0.2) is 0 Å². The molecule has 0 unspecified atom stereocenters. The summed E-state index contributed by atoms with van der Waals surface area (Å²) in [5.74, 6) is 0. The van der Waals surface area contributed by atoms with Crippen LogP contribution in [-0.2, 0) is 6.42 Å². The first-order valence-corrected chi connectivity index (χ1v) is 3.96. The zero-order valence-corrected chi connectivity index (χ0v) is 6.37. The molecule has 0 aromatic carbocycles. The molecule has 0 atom stereocenters. The summed E-state index contributed by atoms with van der Waals surface area (Å²) in [6, 6.07) is 0. The van der Waals surface area contributed by atoms with Crippen LogP contribution in [0.2, 0.25) is 0 Å². The highest BCUT2D eigenvalue weighted by molar-refractivity contribution is 7.07. The van der Waals surface area contributed by atoms with Gasteiger partial charge >= 0.3 is 6.18 Å². The van der Waals surface area contributed by atoms with Crippen LogP contribution in [0, 0.1) is 0 Å². The minimum atomic E-state index is -4.07. The van der Waals surface area contributed by atoms with Crippen molar-refractivity contribution in [3.05, 3.63) is 16.6 Å². The normalized spacial score (nSPS) is 11.9. The van der Waals surface area contributed by atoms with Gasteiger partial charge in [-0.15, -0.1) is 11.3 Å².